The first-order chi connectivity index (χ1) is 6.15. The summed E-state index contributed by atoms with van der Waals surface area (Å²) in [6.07, 6.45) is 4.34. The Kier molecular flexibility index (Phi) is 3.48. The van der Waals surface area contributed by atoms with Crippen LogP contribution in [0.4, 0.5) is 5.82 Å². The molecule has 1 rings (SSSR count). The van der Waals surface area contributed by atoms with E-state index in [1.165, 1.54) is 0 Å². The van der Waals surface area contributed by atoms with Gasteiger partial charge in [0.05, 0.1) is 12.4 Å². The Labute approximate surface area is 83.8 Å². The van der Waals surface area contributed by atoms with Crippen LogP contribution in [0, 0.1) is 0 Å². The fourth-order valence-electron chi connectivity index (χ4n) is 0.987. The van der Waals surface area contributed by atoms with Crippen molar-refractivity contribution in [2.75, 3.05) is 11.9 Å². The molecule has 0 N–H and O–H groups in total. The van der Waals surface area contributed by atoms with Crippen molar-refractivity contribution in [2.45, 2.75) is 26.3 Å². The number of halogens is 1. The minimum Gasteiger partial charge on any atom is -0.356 e. The molecule has 1 atom stereocenters. The third-order valence-corrected chi connectivity index (χ3v) is 2.42. The first-order valence-corrected chi connectivity index (χ1v) is 4.73. The molecule has 1 heterocycles. The molecule has 0 amide bonds. The zero-order valence-electron chi connectivity index (χ0n) is 8.16. The van der Waals surface area contributed by atoms with Gasteiger partial charge in [0.1, 0.15) is 11.0 Å². The van der Waals surface area contributed by atoms with Gasteiger partial charge in [0, 0.05) is 13.1 Å². The lowest BCUT2D eigenvalue weighted by atomic mass is 10.2. The van der Waals surface area contributed by atoms with E-state index < -0.39 is 0 Å². The SMILES string of the molecule is CCC(C)N(C)c1cnc(Cl)cn1. The molecule has 0 aliphatic carbocycles. The van der Waals surface area contributed by atoms with Gasteiger partial charge in [0.15, 0.2) is 0 Å². The first kappa shape index (κ1) is 10.3. The summed E-state index contributed by atoms with van der Waals surface area (Å²) in [5.74, 6) is 0.860. The molecule has 0 aliphatic heterocycles. The second-order valence-electron chi connectivity index (χ2n) is 3.07. The Bertz CT molecular complexity index is 260. The van der Waals surface area contributed by atoms with E-state index in [1.807, 2.05) is 7.05 Å². The maximum atomic E-state index is 5.64. The van der Waals surface area contributed by atoms with Crippen LogP contribution in [-0.4, -0.2) is 23.1 Å². The van der Waals surface area contributed by atoms with Gasteiger partial charge in [0.2, 0.25) is 0 Å². The van der Waals surface area contributed by atoms with E-state index in [4.69, 9.17) is 11.6 Å². The molecule has 0 bridgehead atoms. The van der Waals surface area contributed by atoms with E-state index in [1.54, 1.807) is 12.4 Å². The Balaban J connectivity index is 2.77. The summed E-state index contributed by atoms with van der Waals surface area (Å²) in [5.41, 5.74) is 0. The van der Waals surface area contributed by atoms with E-state index in [-0.39, 0.29) is 0 Å². The van der Waals surface area contributed by atoms with Crippen molar-refractivity contribution in [3.63, 3.8) is 0 Å². The number of aromatic nitrogens is 2. The molecule has 0 saturated heterocycles. The summed E-state index contributed by atoms with van der Waals surface area (Å²) in [6.45, 7) is 4.29. The maximum absolute atomic E-state index is 5.64. The van der Waals surface area contributed by atoms with Gasteiger partial charge in [-0.2, -0.15) is 0 Å². The number of nitrogens with zero attached hydrogens (tertiary/aromatic N) is 3. The van der Waals surface area contributed by atoms with Gasteiger partial charge in [-0.3, -0.25) is 0 Å². The molecule has 13 heavy (non-hydrogen) atoms. The van der Waals surface area contributed by atoms with Crippen LogP contribution in [-0.2, 0) is 0 Å². The zero-order chi connectivity index (χ0) is 9.84. The smallest absolute Gasteiger partial charge is 0.147 e. The van der Waals surface area contributed by atoms with Crippen molar-refractivity contribution < 1.29 is 0 Å². The fraction of sp³-hybridized carbons (Fsp3) is 0.556. The average Bonchev–Trinajstić information content (AvgIpc) is 2.17. The number of hydrogen-bond acceptors (Lipinski definition) is 3. The second-order valence-corrected chi connectivity index (χ2v) is 3.45. The summed E-state index contributed by atoms with van der Waals surface area (Å²) in [4.78, 5) is 10.2. The molecular weight excluding hydrogens is 186 g/mol. The van der Waals surface area contributed by atoms with Crippen LogP contribution in [0.25, 0.3) is 0 Å². The predicted octanol–water partition coefficient (Wildman–Crippen LogP) is 2.36. The topological polar surface area (TPSA) is 29.0 Å². The largest absolute Gasteiger partial charge is 0.356 e. The summed E-state index contributed by atoms with van der Waals surface area (Å²) in [6, 6.07) is 0.468. The van der Waals surface area contributed by atoms with Crippen molar-refractivity contribution in [1.29, 1.82) is 0 Å². The van der Waals surface area contributed by atoms with E-state index in [2.05, 4.69) is 28.7 Å². The summed E-state index contributed by atoms with van der Waals surface area (Å²) < 4.78 is 0. The predicted molar refractivity (Wildman–Crippen MR) is 55.2 cm³/mol. The number of rotatable bonds is 3. The van der Waals surface area contributed by atoms with Crippen LogP contribution in [0.3, 0.4) is 0 Å². The third kappa shape index (κ3) is 2.56. The van der Waals surface area contributed by atoms with E-state index in [9.17, 15) is 0 Å². The van der Waals surface area contributed by atoms with Crippen LogP contribution < -0.4 is 4.90 Å². The van der Waals surface area contributed by atoms with Crippen LogP contribution in [0.2, 0.25) is 5.15 Å². The summed E-state index contributed by atoms with van der Waals surface area (Å²) in [5, 5.41) is 0.432. The van der Waals surface area contributed by atoms with Crippen molar-refractivity contribution in [3.05, 3.63) is 17.5 Å². The standard InChI is InChI=1S/C9H14ClN3/c1-4-7(2)13(3)9-6-11-8(10)5-12-9/h5-7H,4H2,1-3H3. The minimum absolute atomic E-state index is 0.432. The van der Waals surface area contributed by atoms with Gasteiger partial charge in [-0.1, -0.05) is 18.5 Å². The van der Waals surface area contributed by atoms with Gasteiger partial charge in [-0.15, -0.1) is 0 Å². The Hall–Kier alpha value is -0.830. The first-order valence-electron chi connectivity index (χ1n) is 4.35. The molecule has 0 aromatic carbocycles. The highest BCUT2D eigenvalue weighted by Crippen LogP contribution is 2.13. The summed E-state index contributed by atoms with van der Waals surface area (Å²) >= 11 is 5.64. The Morgan fingerprint density at radius 3 is 2.62 bits per heavy atom. The Morgan fingerprint density at radius 1 is 1.46 bits per heavy atom. The summed E-state index contributed by atoms with van der Waals surface area (Å²) in [7, 11) is 2.01. The molecule has 0 saturated carbocycles. The van der Waals surface area contributed by atoms with E-state index in [0.717, 1.165) is 12.2 Å². The molecule has 0 spiro atoms. The lowest BCUT2D eigenvalue weighted by Crippen LogP contribution is -2.28. The van der Waals surface area contributed by atoms with Gasteiger partial charge in [-0.05, 0) is 13.3 Å². The highest BCUT2D eigenvalue weighted by Gasteiger charge is 2.08. The molecular formula is C9H14ClN3. The van der Waals surface area contributed by atoms with Gasteiger partial charge in [0.25, 0.3) is 0 Å². The monoisotopic (exact) mass is 199 g/mol. The van der Waals surface area contributed by atoms with Crippen LogP contribution >= 0.6 is 11.6 Å². The molecule has 3 nitrogen and oxygen atoms in total. The van der Waals surface area contributed by atoms with Gasteiger partial charge < -0.3 is 4.90 Å². The van der Waals surface area contributed by atoms with Crippen LogP contribution in [0.1, 0.15) is 20.3 Å². The number of hydrogen-bond donors (Lipinski definition) is 0. The molecule has 1 aromatic rings. The molecule has 0 aliphatic rings. The van der Waals surface area contributed by atoms with Crippen molar-refractivity contribution >= 4 is 17.4 Å². The fourth-order valence-corrected chi connectivity index (χ4v) is 1.08. The average molecular weight is 200 g/mol. The van der Waals surface area contributed by atoms with Crippen LogP contribution in [0.15, 0.2) is 12.4 Å². The zero-order valence-corrected chi connectivity index (χ0v) is 8.91. The van der Waals surface area contributed by atoms with Crippen molar-refractivity contribution in [2.24, 2.45) is 0 Å². The van der Waals surface area contributed by atoms with E-state index >= 15 is 0 Å². The quantitative estimate of drug-likeness (QED) is 0.749. The molecule has 1 unspecified atom stereocenters. The van der Waals surface area contributed by atoms with Crippen LogP contribution in [0.5, 0.6) is 0 Å². The van der Waals surface area contributed by atoms with Gasteiger partial charge >= 0.3 is 0 Å². The molecule has 72 valence electrons. The maximum Gasteiger partial charge on any atom is 0.147 e. The lowest BCUT2D eigenvalue weighted by molar-refractivity contribution is 0.655. The van der Waals surface area contributed by atoms with Crippen molar-refractivity contribution in [1.82, 2.24) is 9.97 Å². The molecule has 4 heteroatoms. The highest BCUT2D eigenvalue weighted by molar-refractivity contribution is 6.29. The molecule has 1 aromatic heterocycles. The molecule has 0 fully saturated rings. The van der Waals surface area contributed by atoms with E-state index in [0.29, 0.717) is 11.2 Å². The Morgan fingerprint density at radius 2 is 2.15 bits per heavy atom. The van der Waals surface area contributed by atoms with Crippen molar-refractivity contribution in [3.8, 4) is 0 Å². The van der Waals surface area contributed by atoms with Gasteiger partial charge in [-0.25, -0.2) is 9.97 Å². The number of anilines is 1. The third-order valence-electron chi connectivity index (χ3n) is 2.22. The minimum atomic E-state index is 0.432. The second kappa shape index (κ2) is 4.42. The normalized spacial score (nSPS) is 12.6. The molecule has 0 radical (unpaired) electrons. The lowest BCUT2D eigenvalue weighted by Gasteiger charge is -2.24. The highest BCUT2D eigenvalue weighted by atomic mass is 35.5.